The Morgan fingerprint density at radius 2 is 1.87 bits per heavy atom. The van der Waals surface area contributed by atoms with Crippen molar-refractivity contribution in [2.75, 3.05) is 12.1 Å². The quantitative estimate of drug-likeness (QED) is 0.388. The zero-order valence-electron chi connectivity index (χ0n) is 18.5. The number of rotatable bonds is 7. The first kappa shape index (κ1) is 21.6. The predicted molar refractivity (Wildman–Crippen MR) is 126 cm³/mol. The third kappa shape index (κ3) is 4.57. The van der Waals surface area contributed by atoms with E-state index in [1.807, 2.05) is 42.4 Å². The molecule has 30 heavy (non-hydrogen) atoms. The topological polar surface area (TPSA) is 38.1 Å². The molecule has 3 rings (SSSR count). The SMILES string of the molecule is CCCCC#Cc1c(CCCC)c2cc(C)ccc2c(=O)n1N(C)c1ccccn1. The van der Waals surface area contributed by atoms with Crippen molar-refractivity contribution >= 4 is 16.6 Å². The van der Waals surface area contributed by atoms with Crippen molar-refractivity contribution in [2.24, 2.45) is 0 Å². The molecule has 0 fully saturated rings. The van der Waals surface area contributed by atoms with Crippen molar-refractivity contribution in [3.63, 3.8) is 0 Å². The Hall–Kier alpha value is -3.06. The van der Waals surface area contributed by atoms with E-state index in [1.165, 1.54) is 0 Å². The molecular formula is C26H31N3O. The summed E-state index contributed by atoms with van der Waals surface area (Å²) in [6.07, 6.45) is 7.77. The maximum absolute atomic E-state index is 13.6. The number of hydrogen-bond donors (Lipinski definition) is 0. The van der Waals surface area contributed by atoms with Crippen LogP contribution in [0.4, 0.5) is 5.82 Å². The van der Waals surface area contributed by atoms with Crippen molar-refractivity contribution < 1.29 is 0 Å². The minimum Gasteiger partial charge on any atom is -0.267 e. The number of unbranched alkanes of at least 4 members (excludes halogenated alkanes) is 3. The summed E-state index contributed by atoms with van der Waals surface area (Å²) in [5.74, 6) is 7.40. The molecule has 0 unspecified atom stereocenters. The Morgan fingerprint density at radius 3 is 2.57 bits per heavy atom. The van der Waals surface area contributed by atoms with Crippen LogP contribution in [-0.2, 0) is 6.42 Å². The Balaban J connectivity index is 2.33. The average molecular weight is 402 g/mol. The minimum absolute atomic E-state index is 0.0572. The highest BCUT2D eigenvalue weighted by Crippen LogP contribution is 2.24. The summed E-state index contributed by atoms with van der Waals surface area (Å²) in [6.45, 7) is 6.43. The molecule has 4 nitrogen and oxygen atoms in total. The van der Waals surface area contributed by atoms with Crippen LogP contribution in [0.3, 0.4) is 0 Å². The molecule has 0 saturated heterocycles. The molecule has 0 radical (unpaired) electrons. The molecule has 0 aliphatic heterocycles. The summed E-state index contributed by atoms with van der Waals surface area (Å²) in [7, 11) is 1.88. The molecule has 0 aliphatic rings. The van der Waals surface area contributed by atoms with E-state index in [0.29, 0.717) is 5.82 Å². The smallest absolute Gasteiger partial charge is 0.267 e. The van der Waals surface area contributed by atoms with E-state index < -0.39 is 0 Å². The maximum Gasteiger partial charge on any atom is 0.278 e. The number of benzene rings is 1. The summed E-state index contributed by atoms with van der Waals surface area (Å²) < 4.78 is 1.71. The second kappa shape index (κ2) is 10.1. The van der Waals surface area contributed by atoms with Crippen LogP contribution in [-0.4, -0.2) is 16.7 Å². The Morgan fingerprint density at radius 1 is 1.07 bits per heavy atom. The molecular weight excluding hydrogens is 370 g/mol. The van der Waals surface area contributed by atoms with E-state index >= 15 is 0 Å². The number of fused-ring (bicyclic) bond motifs is 1. The van der Waals surface area contributed by atoms with Gasteiger partial charge in [0.25, 0.3) is 5.56 Å². The van der Waals surface area contributed by atoms with Gasteiger partial charge in [-0.05, 0) is 61.3 Å². The van der Waals surface area contributed by atoms with Gasteiger partial charge < -0.3 is 0 Å². The molecule has 2 heterocycles. The van der Waals surface area contributed by atoms with Crippen LogP contribution in [0.15, 0.2) is 47.4 Å². The Kier molecular flexibility index (Phi) is 7.30. The summed E-state index contributed by atoms with van der Waals surface area (Å²) in [5, 5.41) is 3.58. The fourth-order valence-electron chi connectivity index (χ4n) is 3.65. The van der Waals surface area contributed by atoms with Gasteiger partial charge in [0.15, 0.2) is 0 Å². The molecule has 0 spiro atoms. The average Bonchev–Trinajstić information content (AvgIpc) is 2.76. The molecule has 0 atom stereocenters. The molecule has 4 heteroatoms. The van der Waals surface area contributed by atoms with Gasteiger partial charge in [0.2, 0.25) is 0 Å². The molecule has 0 aliphatic carbocycles. The second-order valence-electron chi connectivity index (χ2n) is 7.71. The number of nitrogens with zero attached hydrogens (tertiary/aromatic N) is 3. The summed E-state index contributed by atoms with van der Waals surface area (Å²) in [5.41, 5.74) is 3.04. The molecule has 2 aromatic heterocycles. The molecule has 1 aromatic carbocycles. The minimum atomic E-state index is -0.0572. The highest BCUT2D eigenvalue weighted by molar-refractivity contribution is 5.87. The number of aromatic nitrogens is 2. The van der Waals surface area contributed by atoms with Crippen LogP contribution >= 0.6 is 0 Å². The van der Waals surface area contributed by atoms with Gasteiger partial charge in [-0.2, -0.15) is 0 Å². The Labute approximate surface area is 179 Å². The first-order valence-electron chi connectivity index (χ1n) is 10.9. The molecule has 0 amide bonds. The van der Waals surface area contributed by atoms with Crippen LogP contribution in [0.1, 0.15) is 62.8 Å². The lowest BCUT2D eigenvalue weighted by Gasteiger charge is -2.25. The molecule has 0 saturated carbocycles. The third-order valence-corrected chi connectivity index (χ3v) is 5.34. The predicted octanol–water partition coefficient (Wildman–Crippen LogP) is 5.49. The Bertz CT molecular complexity index is 1120. The maximum atomic E-state index is 13.6. The van der Waals surface area contributed by atoms with Gasteiger partial charge >= 0.3 is 0 Å². The van der Waals surface area contributed by atoms with Gasteiger partial charge in [-0.1, -0.05) is 56.4 Å². The lowest BCUT2D eigenvalue weighted by atomic mass is 9.97. The van der Waals surface area contributed by atoms with E-state index in [0.717, 1.165) is 66.1 Å². The summed E-state index contributed by atoms with van der Waals surface area (Å²) in [6, 6.07) is 11.8. The normalized spacial score (nSPS) is 10.7. The van der Waals surface area contributed by atoms with E-state index in [9.17, 15) is 4.79 Å². The van der Waals surface area contributed by atoms with E-state index in [2.05, 4.69) is 43.7 Å². The molecule has 3 aromatic rings. The van der Waals surface area contributed by atoms with Crippen LogP contribution in [0.2, 0.25) is 0 Å². The summed E-state index contributed by atoms with van der Waals surface area (Å²) in [4.78, 5) is 18.1. The van der Waals surface area contributed by atoms with Crippen molar-refractivity contribution in [2.45, 2.75) is 59.3 Å². The number of hydrogen-bond acceptors (Lipinski definition) is 3. The zero-order valence-corrected chi connectivity index (χ0v) is 18.5. The van der Waals surface area contributed by atoms with Crippen molar-refractivity contribution in [3.05, 3.63) is 69.8 Å². The molecule has 0 bridgehead atoms. The largest absolute Gasteiger partial charge is 0.278 e. The van der Waals surface area contributed by atoms with E-state index in [1.54, 1.807) is 10.9 Å². The van der Waals surface area contributed by atoms with Gasteiger partial charge in [-0.15, -0.1) is 0 Å². The molecule has 0 N–H and O–H groups in total. The fraction of sp³-hybridized carbons (Fsp3) is 0.385. The number of pyridine rings is 2. The van der Waals surface area contributed by atoms with Crippen LogP contribution < -0.4 is 10.6 Å². The monoisotopic (exact) mass is 401 g/mol. The van der Waals surface area contributed by atoms with Gasteiger partial charge in [0.1, 0.15) is 11.5 Å². The number of aryl methyl sites for hydroxylation is 2. The lowest BCUT2D eigenvalue weighted by Crippen LogP contribution is -2.38. The van der Waals surface area contributed by atoms with Crippen molar-refractivity contribution in [1.29, 1.82) is 0 Å². The zero-order chi connectivity index (χ0) is 21.5. The highest BCUT2D eigenvalue weighted by Gasteiger charge is 2.19. The first-order valence-corrected chi connectivity index (χ1v) is 10.9. The highest BCUT2D eigenvalue weighted by atomic mass is 16.1. The van der Waals surface area contributed by atoms with Gasteiger partial charge in [-0.25, -0.2) is 9.66 Å². The fourth-order valence-corrected chi connectivity index (χ4v) is 3.65. The van der Waals surface area contributed by atoms with Crippen LogP contribution in [0.5, 0.6) is 0 Å². The number of anilines is 1. The summed E-state index contributed by atoms with van der Waals surface area (Å²) >= 11 is 0. The van der Waals surface area contributed by atoms with Crippen LogP contribution in [0.25, 0.3) is 10.8 Å². The first-order chi connectivity index (χ1) is 14.6. The van der Waals surface area contributed by atoms with Crippen molar-refractivity contribution in [3.8, 4) is 11.8 Å². The van der Waals surface area contributed by atoms with Gasteiger partial charge in [-0.3, -0.25) is 9.80 Å². The van der Waals surface area contributed by atoms with Crippen LogP contribution in [0, 0.1) is 18.8 Å². The second-order valence-corrected chi connectivity index (χ2v) is 7.71. The molecule has 156 valence electrons. The third-order valence-electron chi connectivity index (χ3n) is 5.34. The van der Waals surface area contributed by atoms with Crippen molar-refractivity contribution in [1.82, 2.24) is 9.66 Å². The standard InChI is InChI=1S/C26H31N3O/c1-5-7-9-10-14-24-21(13-8-6-2)23-19-20(3)16-17-22(23)26(30)29(24)28(4)25-15-11-12-18-27-25/h11-12,15-19H,5-9,13H2,1-4H3. The van der Waals surface area contributed by atoms with E-state index in [-0.39, 0.29) is 5.56 Å². The van der Waals surface area contributed by atoms with E-state index in [4.69, 9.17) is 0 Å². The van der Waals surface area contributed by atoms with Gasteiger partial charge in [0, 0.05) is 25.1 Å². The van der Waals surface area contributed by atoms with Gasteiger partial charge in [0.05, 0.1) is 0 Å². The lowest BCUT2D eigenvalue weighted by molar-refractivity contribution is 0.706.